The van der Waals surface area contributed by atoms with E-state index in [0.29, 0.717) is 42.2 Å². The maximum absolute atomic E-state index is 13.0. The number of benzene rings is 1. The second-order valence-corrected chi connectivity index (χ2v) is 6.58. The number of H-pyrrole nitrogens is 1. The number of aromatic amines is 1. The van der Waals surface area contributed by atoms with Gasteiger partial charge < -0.3 is 15.0 Å². The van der Waals surface area contributed by atoms with Crippen LogP contribution in [0.1, 0.15) is 18.9 Å². The topological polar surface area (TPSA) is 115 Å². The Morgan fingerprint density at radius 2 is 2.00 bits per heavy atom. The molecule has 152 valence electrons. The SMILES string of the molecule is CCCOc1ccccc1-c1nc2c(NC=O)nn(Cc3ccncc3)c2c(=O)[nH]1. The first kappa shape index (κ1) is 19.3. The van der Waals surface area contributed by atoms with Gasteiger partial charge in [-0.15, -0.1) is 0 Å². The van der Waals surface area contributed by atoms with Gasteiger partial charge in [0.2, 0.25) is 6.41 Å². The zero-order valence-corrected chi connectivity index (χ0v) is 16.3. The summed E-state index contributed by atoms with van der Waals surface area (Å²) >= 11 is 0. The van der Waals surface area contributed by atoms with E-state index < -0.39 is 0 Å². The molecule has 4 aromatic rings. The van der Waals surface area contributed by atoms with Crippen molar-refractivity contribution < 1.29 is 9.53 Å². The van der Waals surface area contributed by atoms with Crippen LogP contribution < -0.4 is 15.6 Å². The number of nitrogens with zero attached hydrogens (tertiary/aromatic N) is 4. The number of pyridine rings is 1. The fourth-order valence-electron chi connectivity index (χ4n) is 3.15. The highest BCUT2D eigenvalue weighted by Gasteiger charge is 2.19. The van der Waals surface area contributed by atoms with Crippen LogP contribution in [0.3, 0.4) is 0 Å². The Balaban J connectivity index is 1.85. The summed E-state index contributed by atoms with van der Waals surface area (Å²) in [4.78, 5) is 35.5. The molecule has 0 unspecified atom stereocenters. The van der Waals surface area contributed by atoms with Gasteiger partial charge in [0, 0.05) is 12.4 Å². The minimum Gasteiger partial charge on any atom is -0.493 e. The van der Waals surface area contributed by atoms with Crippen molar-refractivity contribution in [2.75, 3.05) is 11.9 Å². The number of amides is 1. The van der Waals surface area contributed by atoms with Gasteiger partial charge in [-0.2, -0.15) is 5.10 Å². The molecule has 2 N–H and O–H groups in total. The van der Waals surface area contributed by atoms with Crippen LogP contribution in [0.5, 0.6) is 5.75 Å². The van der Waals surface area contributed by atoms with Crippen molar-refractivity contribution in [3.05, 3.63) is 64.7 Å². The number of nitrogens with one attached hydrogen (secondary N) is 2. The van der Waals surface area contributed by atoms with E-state index in [4.69, 9.17) is 4.74 Å². The number of hydrogen-bond donors (Lipinski definition) is 2. The smallest absolute Gasteiger partial charge is 0.277 e. The van der Waals surface area contributed by atoms with Crippen molar-refractivity contribution in [2.45, 2.75) is 19.9 Å². The van der Waals surface area contributed by atoms with Crippen LogP contribution in [-0.4, -0.2) is 37.7 Å². The van der Waals surface area contributed by atoms with E-state index in [9.17, 15) is 9.59 Å². The van der Waals surface area contributed by atoms with Gasteiger partial charge in [0.25, 0.3) is 5.56 Å². The number of para-hydroxylation sites is 1. The normalized spacial score (nSPS) is 10.8. The highest BCUT2D eigenvalue weighted by molar-refractivity contribution is 5.91. The average molecular weight is 404 g/mol. The molecule has 0 saturated carbocycles. The van der Waals surface area contributed by atoms with Crippen molar-refractivity contribution in [2.24, 2.45) is 0 Å². The third-order valence-corrected chi connectivity index (χ3v) is 4.48. The van der Waals surface area contributed by atoms with Crippen LogP contribution in [0.25, 0.3) is 22.4 Å². The predicted molar refractivity (Wildman–Crippen MR) is 112 cm³/mol. The first-order valence-electron chi connectivity index (χ1n) is 9.53. The Hall–Kier alpha value is -4.01. The Morgan fingerprint density at radius 3 is 2.77 bits per heavy atom. The summed E-state index contributed by atoms with van der Waals surface area (Å²) in [6.07, 6.45) is 4.70. The molecule has 9 nitrogen and oxygen atoms in total. The Morgan fingerprint density at radius 1 is 1.20 bits per heavy atom. The van der Waals surface area contributed by atoms with Gasteiger partial charge in [0.1, 0.15) is 17.1 Å². The highest BCUT2D eigenvalue weighted by Crippen LogP contribution is 2.29. The molecule has 3 aromatic heterocycles. The van der Waals surface area contributed by atoms with E-state index in [-0.39, 0.29) is 16.9 Å². The van der Waals surface area contributed by atoms with Crippen molar-refractivity contribution >= 4 is 23.3 Å². The van der Waals surface area contributed by atoms with E-state index in [0.717, 1.165) is 12.0 Å². The standard InChI is InChI=1S/C21H20N6O3/c1-2-11-30-16-6-4-3-5-15(16)19-24-17-18(21(29)25-19)27(26-20(17)23-13-28)12-14-7-9-22-10-8-14/h3-10,13H,2,11-12H2,1H3,(H,23,26,28)(H,24,25,29). The first-order valence-corrected chi connectivity index (χ1v) is 9.53. The molecule has 9 heteroatoms. The van der Waals surface area contributed by atoms with Crippen LogP contribution in [0.15, 0.2) is 53.6 Å². The highest BCUT2D eigenvalue weighted by atomic mass is 16.5. The Bertz CT molecular complexity index is 1230. The lowest BCUT2D eigenvalue weighted by molar-refractivity contribution is -0.105. The molecule has 0 saturated heterocycles. The third-order valence-electron chi connectivity index (χ3n) is 4.48. The van der Waals surface area contributed by atoms with Gasteiger partial charge in [0.05, 0.1) is 18.7 Å². The number of rotatable bonds is 8. The lowest BCUT2D eigenvalue weighted by Gasteiger charge is -2.10. The van der Waals surface area contributed by atoms with Crippen LogP contribution >= 0.6 is 0 Å². The summed E-state index contributed by atoms with van der Waals surface area (Å²) in [5, 5.41) is 6.92. The Labute approximate surface area is 171 Å². The number of aromatic nitrogens is 5. The molecule has 0 bridgehead atoms. The minimum atomic E-state index is -0.360. The molecule has 3 heterocycles. The van der Waals surface area contributed by atoms with Gasteiger partial charge >= 0.3 is 0 Å². The van der Waals surface area contributed by atoms with Crippen molar-refractivity contribution in [3.63, 3.8) is 0 Å². The van der Waals surface area contributed by atoms with Gasteiger partial charge in [-0.3, -0.25) is 19.3 Å². The molecule has 0 fully saturated rings. The summed E-state index contributed by atoms with van der Waals surface area (Å²) in [7, 11) is 0. The zero-order chi connectivity index (χ0) is 20.9. The maximum atomic E-state index is 13.0. The van der Waals surface area contributed by atoms with E-state index in [1.54, 1.807) is 12.4 Å². The number of carbonyl (C=O) groups excluding carboxylic acids is 1. The average Bonchev–Trinajstić information content (AvgIpc) is 3.11. The molecule has 1 amide bonds. The summed E-state index contributed by atoms with van der Waals surface area (Å²) in [6.45, 7) is 2.90. The van der Waals surface area contributed by atoms with Crippen molar-refractivity contribution in [1.29, 1.82) is 0 Å². The molecule has 0 aliphatic rings. The van der Waals surface area contributed by atoms with Crippen LogP contribution in [0.4, 0.5) is 5.82 Å². The van der Waals surface area contributed by atoms with E-state index in [1.165, 1.54) is 4.68 Å². The third kappa shape index (κ3) is 3.77. The number of anilines is 1. The number of ether oxygens (including phenoxy) is 1. The van der Waals surface area contributed by atoms with Crippen molar-refractivity contribution in [3.8, 4) is 17.1 Å². The monoisotopic (exact) mass is 404 g/mol. The summed E-state index contributed by atoms with van der Waals surface area (Å²) in [6, 6.07) is 11.0. The molecule has 30 heavy (non-hydrogen) atoms. The van der Waals surface area contributed by atoms with Crippen LogP contribution in [0, 0.1) is 0 Å². The molecule has 0 aliphatic heterocycles. The Kier molecular flexibility index (Phi) is 5.51. The largest absolute Gasteiger partial charge is 0.493 e. The lowest BCUT2D eigenvalue weighted by atomic mass is 10.2. The van der Waals surface area contributed by atoms with Gasteiger partial charge in [-0.25, -0.2) is 4.98 Å². The molecule has 4 rings (SSSR count). The molecule has 1 aromatic carbocycles. The van der Waals surface area contributed by atoms with Gasteiger partial charge in [0.15, 0.2) is 11.3 Å². The second kappa shape index (κ2) is 8.56. The van der Waals surface area contributed by atoms with Crippen molar-refractivity contribution in [1.82, 2.24) is 24.7 Å². The molecular formula is C21H20N6O3. The number of hydrogen-bond acceptors (Lipinski definition) is 6. The van der Waals surface area contributed by atoms with E-state index in [1.807, 2.05) is 43.3 Å². The molecule has 0 aliphatic carbocycles. The molecule has 0 radical (unpaired) electrons. The molecule has 0 atom stereocenters. The van der Waals surface area contributed by atoms with Crippen LogP contribution in [-0.2, 0) is 11.3 Å². The lowest BCUT2D eigenvalue weighted by Crippen LogP contribution is -2.15. The first-order chi connectivity index (χ1) is 14.7. The van der Waals surface area contributed by atoms with Gasteiger partial charge in [-0.05, 0) is 36.2 Å². The minimum absolute atomic E-state index is 0.216. The fraction of sp³-hybridized carbons (Fsp3) is 0.190. The van der Waals surface area contributed by atoms with Gasteiger partial charge in [-0.1, -0.05) is 19.1 Å². The predicted octanol–water partition coefficient (Wildman–Crippen LogP) is 2.59. The summed E-state index contributed by atoms with van der Waals surface area (Å²) < 4.78 is 7.31. The molecular weight excluding hydrogens is 384 g/mol. The van der Waals surface area contributed by atoms with Crippen LogP contribution in [0.2, 0.25) is 0 Å². The number of carbonyl (C=O) groups is 1. The molecule has 0 spiro atoms. The quantitative estimate of drug-likeness (QED) is 0.436. The number of fused-ring (bicyclic) bond motifs is 1. The second-order valence-electron chi connectivity index (χ2n) is 6.58. The summed E-state index contributed by atoms with van der Waals surface area (Å²) in [5.74, 6) is 1.18. The van der Waals surface area contributed by atoms with E-state index >= 15 is 0 Å². The summed E-state index contributed by atoms with van der Waals surface area (Å²) in [5.41, 5.74) is 1.78. The zero-order valence-electron chi connectivity index (χ0n) is 16.3. The van der Waals surface area contributed by atoms with E-state index in [2.05, 4.69) is 25.4 Å². The fourth-order valence-corrected chi connectivity index (χ4v) is 3.15. The maximum Gasteiger partial charge on any atom is 0.277 e.